The van der Waals surface area contributed by atoms with Crippen LogP contribution in [0, 0.1) is 5.92 Å². The van der Waals surface area contributed by atoms with Crippen molar-refractivity contribution in [1.82, 2.24) is 9.97 Å². The van der Waals surface area contributed by atoms with Crippen LogP contribution in [0.15, 0.2) is 6.07 Å². The third kappa shape index (κ3) is 5.30. The molecule has 0 bridgehead atoms. The van der Waals surface area contributed by atoms with Crippen LogP contribution in [0.3, 0.4) is 0 Å². The zero-order chi connectivity index (χ0) is 14.2. The Bertz CT molecular complexity index is 410. The molecule has 6 heteroatoms. The summed E-state index contributed by atoms with van der Waals surface area (Å²) in [5.74, 6) is 3.08. The van der Waals surface area contributed by atoms with Crippen molar-refractivity contribution in [3.63, 3.8) is 0 Å². The summed E-state index contributed by atoms with van der Waals surface area (Å²) in [6.45, 7) is 5.39. The van der Waals surface area contributed by atoms with Gasteiger partial charge in [0.05, 0.1) is 6.61 Å². The molecule has 0 spiro atoms. The summed E-state index contributed by atoms with van der Waals surface area (Å²) < 4.78 is 10.9. The molecule has 0 unspecified atom stereocenters. The van der Waals surface area contributed by atoms with E-state index < -0.39 is 0 Å². The quantitative estimate of drug-likeness (QED) is 0.638. The molecule has 1 aromatic rings. The summed E-state index contributed by atoms with van der Waals surface area (Å²) in [7, 11) is 1.84. The van der Waals surface area contributed by atoms with Gasteiger partial charge in [0.25, 0.3) is 0 Å². The van der Waals surface area contributed by atoms with Crippen molar-refractivity contribution in [1.29, 1.82) is 0 Å². The lowest BCUT2D eigenvalue weighted by Gasteiger charge is -2.10. The molecular formula is C14H24N4O2. The maximum Gasteiger partial charge on any atom is 0.158 e. The Balaban J connectivity index is 1.78. The second-order valence-corrected chi connectivity index (χ2v) is 4.89. The van der Waals surface area contributed by atoms with E-state index in [1.807, 2.05) is 20.0 Å². The highest BCUT2D eigenvalue weighted by atomic mass is 16.5. The topological polar surface area (TPSA) is 68.3 Å². The van der Waals surface area contributed by atoms with Gasteiger partial charge in [-0.2, -0.15) is 0 Å². The van der Waals surface area contributed by atoms with Gasteiger partial charge in [0.2, 0.25) is 0 Å². The zero-order valence-corrected chi connectivity index (χ0v) is 12.3. The summed E-state index contributed by atoms with van der Waals surface area (Å²) in [5.41, 5.74) is 0. The number of hydrogen-bond acceptors (Lipinski definition) is 6. The molecule has 0 aliphatic heterocycles. The van der Waals surface area contributed by atoms with Crippen molar-refractivity contribution in [2.75, 3.05) is 44.0 Å². The number of aromatic nitrogens is 2. The first kappa shape index (κ1) is 15.0. The molecule has 0 radical (unpaired) electrons. The van der Waals surface area contributed by atoms with E-state index in [0.717, 1.165) is 30.7 Å². The minimum atomic E-state index is 0.429. The van der Waals surface area contributed by atoms with Crippen LogP contribution in [-0.2, 0) is 16.1 Å². The lowest BCUT2D eigenvalue weighted by Crippen LogP contribution is -2.13. The van der Waals surface area contributed by atoms with E-state index in [-0.39, 0.29) is 0 Å². The molecule has 0 amide bonds. The van der Waals surface area contributed by atoms with Crippen LogP contribution in [-0.4, -0.2) is 43.4 Å². The predicted molar refractivity (Wildman–Crippen MR) is 78.9 cm³/mol. The maximum absolute atomic E-state index is 5.58. The molecule has 1 heterocycles. The molecule has 2 rings (SSSR count). The molecule has 0 atom stereocenters. The molecular weight excluding hydrogens is 256 g/mol. The highest BCUT2D eigenvalue weighted by Crippen LogP contribution is 2.28. The normalized spacial score (nSPS) is 14.3. The smallest absolute Gasteiger partial charge is 0.158 e. The van der Waals surface area contributed by atoms with Gasteiger partial charge < -0.3 is 20.1 Å². The highest BCUT2D eigenvalue weighted by molar-refractivity contribution is 5.47. The summed E-state index contributed by atoms with van der Waals surface area (Å²) in [6.07, 6.45) is 2.65. The Kier molecular flexibility index (Phi) is 6.01. The zero-order valence-electron chi connectivity index (χ0n) is 12.3. The molecule has 2 N–H and O–H groups in total. The van der Waals surface area contributed by atoms with Gasteiger partial charge in [-0.1, -0.05) is 0 Å². The fourth-order valence-electron chi connectivity index (χ4n) is 1.76. The maximum atomic E-state index is 5.58. The molecule has 1 aliphatic carbocycles. The number of nitrogens with zero attached hydrogens (tertiary/aromatic N) is 2. The monoisotopic (exact) mass is 280 g/mol. The summed E-state index contributed by atoms with van der Waals surface area (Å²) in [4.78, 5) is 8.77. The SMILES string of the molecule is CCOCc1nc(NC)cc(NCCOCC2CC2)n1. The molecule has 112 valence electrons. The lowest BCUT2D eigenvalue weighted by molar-refractivity contribution is 0.128. The van der Waals surface area contributed by atoms with Crippen LogP contribution in [0.4, 0.5) is 11.6 Å². The minimum Gasteiger partial charge on any atom is -0.379 e. The third-order valence-corrected chi connectivity index (χ3v) is 3.07. The van der Waals surface area contributed by atoms with Crippen LogP contribution >= 0.6 is 0 Å². The number of hydrogen-bond donors (Lipinski definition) is 2. The van der Waals surface area contributed by atoms with Gasteiger partial charge in [0.1, 0.15) is 18.2 Å². The molecule has 20 heavy (non-hydrogen) atoms. The molecule has 1 fully saturated rings. The van der Waals surface area contributed by atoms with E-state index in [4.69, 9.17) is 9.47 Å². The second kappa shape index (κ2) is 8.01. The first-order valence-electron chi connectivity index (χ1n) is 7.27. The van der Waals surface area contributed by atoms with Crippen molar-refractivity contribution < 1.29 is 9.47 Å². The van der Waals surface area contributed by atoms with Gasteiger partial charge in [0, 0.05) is 32.9 Å². The standard InChI is InChI=1S/C14H24N4O2/c1-3-19-10-14-17-12(15-2)8-13(18-14)16-6-7-20-9-11-4-5-11/h8,11H,3-7,9-10H2,1-2H3,(H2,15,16,17,18). The predicted octanol–water partition coefficient (Wildman–Crippen LogP) is 1.89. The van der Waals surface area contributed by atoms with Crippen molar-refractivity contribution in [3.05, 3.63) is 11.9 Å². The highest BCUT2D eigenvalue weighted by Gasteiger charge is 2.20. The first-order chi connectivity index (χ1) is 9.81. The van der Waals surface area contributed by atoms with Crippen molar-refractivity contribution in [3.8, 4) is 0 Å². The number of anilines is 2. The fraction of sp³-hybridized carbons (Fsp3) is 0.714. The van der Waals surface area contributed by atoms with Gasteiger partial charge >= 0.3 is 0 Å². The van der Waals surface area contributed by atoms with E-state index in [0.29, 0.717) is 25.6 Å². The lowest BCUT2D eigenvalue weighted by atomic mass is 10.4. The van der Waals surface area contributed by atoms with E-state index in [1.165, 1.54) is 12.8 Å². The number of nitrogens with one attached hydrogen (secondary N) is 2. The molecule has 0 aromatic carbocycles. The molecule has 0 saturated heterocycles. The van der Waals surface area contributed by atoms with E-state index in [2.05, 4.69) is 20.6 Å². The minimum absolute atomic E-state index is 0.429. The summed E-state index contributed by atoms with van der Waals surface area (Å²) in [6, 6.07) is 1.89. The first-order valence-corrected chi connectivity index (χ1v) is 7.27. The Morgan fingerprint density at radius 1 is 1.25 bits per heavy atom. The van der Waals surface area contributed by atoms with Gasteiger partial charge in [-0.3, -0.25) is 0 Å². The average molecular weight is 280 g/mol. The van der Waals surface area contributed by atoms with E-state index in [9.17, 15) is 0 Å². The molecule has 1 saturated carbocycles. The molecule has 1 aliphatic rings. The third-order valence-electron chi connectivity index (χ3n) is 3.07. The van der Waals surface area contributed by atoms with Gasteiger partial charge in [-0.25, -0.2) is 9.97 Å². The van der Waals surface area contributed by atoms with Crippen LogP contribution in [0.5, 0.6) is 0 Å². The largest absolute Gasteiger partial charge is 0.379 e. The van der Waals surface area contributed by atoms with Crippen molar-refractivity contribution in [2.24, 2.45) is 5.92 Å². The van der Waals surface area contributed by atoms with E-state index in [1.54, 1.807) is 0 Å². The summed E-state index contributed by atoms with van der Waals surface area (Å²) >= 11 is 0. The van der Waals surface area contributed by atoms with Crippen LogP contribution in [0.2, 0.25) is 0 Å². The van der Waals surface area contributed by atoms with Gasteiger partial charge in [-0.15, -0.1) is 0 Å². The van der Waals surface area contributed by atoms with Crippen molar-refractivity contribution >= 4 is 11.6 Å². The Hall–Kier alpha value is -1.40. The Morgan fingerprint density at radius 2 is 2.05 bits per heavy atom. The van der Waals surface area contributed by atoms with Crippen LogP contribution in [0.1, 0.15) is 25.6 Å². The van der Waals surface area contributed by atoms with E-state index >= 15 is 0 Å². The van der Waals surface area contributed by atoms with Gasteiger partial charge in [-0.05, 0) is 25.7 Å². The van der Waals surface area contributed by atoms with Crippen LogP contribution in [0.25, 0.3) is 0 Å². The Morgan fingerprint density at radius 3 is 2.75 bits per heavy atom. The fourth-order valence-corrected chi connectivity index (χ4v) is 1.76. The van der Waals surface area contributed by atoms with Gasteiger partial charge in [0.15, 0.2) is 5.82 Å². The average Bonchev–Trinajstić information content (AvgIpc) is 3.28. The van der Waals surface area contributed by atoms with Crippen molar-refractivity contribution in [2.45, 2.75) is 26.4 Å². The summed E-state index contributed by atoms with van der Waals surface area (Å²) in [5, 5.41) is 6.29. The second-order valence-electron chi connectivity index (χ2n) is 4.89. The molecule has 6 nitrogen and oxygen atoms in total. The Labute approximate surface area is 120 Å². The van der Waals surface area contributed by atoms with Crippen LogP contribution < -0.4 is 10.6 Å². The molecule has 1 aromatic heterocycles. The number of rotatable bonds is 10. The number of ether oxygens (including phenoxy) is 2.